The molecule has 0 aromatic carbocycles. The van der Waals surface area contributed by atoms with E-state index >= 15 is 0 Å². The molecule has 0 bridgehead atoms. The minimum atomic E-state index is -2.24. The number of halogens is 4. The van der Waals surface area contributed by atoms with E-state index in [9.17, 15) is 0 Å². The predicted molar refractivity (Wildman–Crippen MR) is 75.9 cm³/mol. The third kappa shape index (κ3) is 8.95. The average Bonchev–Trinajstić information content (AvgIpc) is 2.29. The molecule has 0 spiro atoms. The number of rotatable bonds is 1. The van der Waals surface area contributed by atoms with Crippen molar-refractivity contribution in [3.05, 3.63) is 48.8 Å². The van der Waals surface area contributed by atoms with E-state index in [0.717, 1.165) is 11.4 Å². The molecule has 0 aliphatic carbocycles. The van der Waals surface area contributed by atoms with Crippen molar-refractivity contribution in [3.63, 3.8) is 0 Å². The maximum Gasteiger partial charge on any atom is 0.0886 e. The van der Waals surface area contributed by atoms with Gasteiger partial charge in [0.1, 0.15) is 0 Å². The number of nitrogens with zero attached hydrogens (tertiary/aromatic N) is 2. The van der Waals surface area contributed by atoms with Crippen LogP contribution in [0.2, 0.25) is 0 Å². The van der Waals surface area contributed by atoms with Crippen LogP contribution in [0.5, 0.6) is 0 Å². The summed E-state index contributed by atoms with van der Waals surface area (Å²) in [5, 5.41) is 0. The molecule has 0 radical (unpaired) electrons. The van der Waals surface area contributed by atoms with Gasteiger partial charge in [0.15, 0.2) is 0 Å². The molecule has 18 heavy (non-hydrogen) atoms. The van der Waals surface area contributed by atoms with Gasteiger partial charge in [-0.05, 0) is 24.3 Å². The van der Waals surface area contributed by atoms with E-state index in [4.69, 9.17) is 40.4 Å². The Morgan fingerprint density at radius 1 is 0.722 bits per heavy atom. The largest absolute Gasteiger partial charge is 0.255 e. The number of pyridine rings is 2. The first kappa shape index (κ1) is 17.9. The maximum atomic E-state index is 4.90. The molecule has 2 heterocycles. The summed E-state index contributed by atoms with van der Waals surface area (Å²) in [4.78, 5) is 8.37. The Morgan fingerprint density at radius 2 is 1.06 bits per heavy atom. The van der Waals surface area contributed by atoms with Gasteiger partial charge in [-0.1, -0.05) is 12.1 Å². The van der Waals surface area contributed by atoms with Crippen molar-refractivity contribution in [1.29, 1.82) is 0 Å². The Morgan fingerprint density at radius 3 is 1.28 bits per heavy atom. The van der Waals surface area contributed by atoms with E-state index in [2.05, 4.69) is 9.97 Å². The molecule has 0 fully saturated rings. The van der Waals surface area contributed by atoms with Gasteiger partial charge in [0.25, 0.3) is 0 Å². The second-order valence-electron chi connectivity index (χ2n) is 2.69. The van der Waals surface area contributed by atoms with Gasteiger partial charge in [-0.2, -0.15) is 0 Å². The van der Waals surface area contributed by atoms with Gasteiger partial charge in [0.2, 0.25) is 0 Å². The van der Waals surface area contributed by atoms with Crippen molar-refractivity contribution in [2.75, 3.05) is 0 Å². The second kappa shape index (κ2) is 8.94. The molecule has 2 aromatic rings. The van der Waals surface area contributed by atoms with Crippen LogP contribution < -0.4 is 6.15 Å². The van der Waals surface area contributed by atoms with Crippen LogP contribution in [-0.4, -0.2) is 9.97 Å². The SMILES string of the molecule is N.[Cl][Cu]([Cl])([Cl])[Cl].c1ccc(-c2ccccn2)nc1. The molecule has 0 atom stereocenters. The zero-order chi connectivity index (χ0) is 12.7. The molecule has 0 saturated heterocycles. The number of hydrogen-bond donors (Lipinski definition) is 1. The van der Waals surface area contributed by atoms with Crippen LogP contribution in [0.1, 0.15) is 0 Å². The molecule has 0 unspecified atom stereocenters. The molecular weight excluding hydrogens is 367 g/mol. The van der Waals surface area contributed by atoms with Crippen molar-refractivity contribution >= 4 is 40.4 Å². The number of hydrogen-bond acceptors (Lipinski definition) is 3. The quantitative estimate of drug-likeness (QED) is 0.706. The molecule has 0 aliphatic rings. The van der Waals surface area contributed by atoms with Crippen LogP contribution in [0.15, 0.2) is 48.8 Å². The summed E-state index contributed by atoms with van der Waals surface area (Å²) in [6, 6.07) is 11.6. The van der Waals surface area contributed by atoms with Gasteiger partial charge >= 0.3 is 49.6 Å². The summed E-state index contributed by atoms with van der Waals surface area (Å²) in [6.45, 7) is 0. The Kier molecular flexibility index (Phi) is 8.91. The minimum absolute atomic E-state index is 0. The molecule has 3 N–H and O–H groups in total. The molecule has 2 aromatic heterocycles. The van der Waals surface area contributed by atoms with Crippen LogP contribution in [0.3, 0.4) is 0 Å². The number of aromatic nitrogens is 2. The molecule has 0 saturated carbocycles. The van der Waals surface area contributed by atoms with Crippen LogP contribution in [-0.2, 0) is 9.20 Å². The zero-order valence-corrected chi connectivity index (χ0v) is 13.0. The summed E-state index contributed by atoms with van der Waals surface area (Å²) in [7, 11) is 17.4. The van der Waals surface area contributed by atoms with Crippen LogP contribution in [0.4, 0.5) is 0 Å². The third-order valence-corrected chi connectivity index (χ3v) is 1.59. The summed E-state index contributed by atoms with van der Waals surface area (Å²) in [5.74, 6) is 0. The van der Waals surface area contributed by atoms with E-state index in [-0.39, 0.29) is 6.15 Å². The summed E-state index contributed by atoms with van der Waals surface area (Å²) in [5.41, 5.74) is 1.83. The Bertz CT molecular complexity index is 392. The van der Waals surface area contributed by atoms with Crippen molar-refractivity contribution in [1.82, 2.24) is 16.1 Å². The van der Waals surface area contributed by atoms with Crippen molar-refractivity contribution in [2.24, 2.45) is 0 Å². The Labute approximate surface area is 125 Å². The molecule has 2 rings (SSSR count). The summed E-state index contributed by atoms with van der Waals surface area (Å²) >= 11 is 0. The van der Waals surface area contributed by atoms with Crippen LogP contribution >= 0.6 is 40.4 Å². The standard InChI is InChI=1S/C10H8N2.4ClH.Cu.H3N/c1-3-7-11-9(5-1)10-6-2-4-8-12-10;;;;;;/h1-8H;4*1H;;1H3/q;;;;;+4;/p-4. The third-order valence-electron chi connectivity index (χ3n) is 1.59. The normalized spacial score (nSPS) is 10.7. The molecule has 105 valence electrons. The summed E-state index contributed by atoms with van der Waals surface area (Å²) < 4.78 is 0. The van der Waals surface area contributed by atoms with Gasteiger partial charge in [0, 0.05) is 12.4 Å². The molecular formula is C10H11Cl4CuN3. The van der Waals surface area contributed by atoms with E-state index in [1.54, 1.807) is 12.4 Å². The fourth-order valence-electron chi connectivity index (χ4n) is 1.03. The van der Waals surface area contributed by atoms with E-state index in [1.807, 2.05) is 36.4 Å². The smallest absolute Gasteiger partial charge is 0.0886 e. The van der Waals surface area contributed by atoms with Gasteiger partial charge in [-0.3, -0.25) is 9.97 Å². The molecule has 3 nitrogen and oxygen atoms in total. The Hall–Kier alpha value is -0.0605. The van der Waals surface area contributed by atoms with Gasteiger partial charge in [-0.25, -0.2) is 0 Å². The van der Waals surface area contributed by atoms with E-state index < -0.39 is 9.20 Å². The molecule has 0 aliphatic heterocycles. The second-order valence-corrected chi connectivity index (χ2v) is 12.0. The van der Waals surface area contributed by atoms with Gasteiger partial charge in [-0.15, -0.1) is 0 Å². The fraction of sp³-hybridized carbons (Fsp3) is 0. The molecule has 8 heteroatoms. The zero-order valence-electron chi connectivity index (χ0n) is 9.03. The van der Waals surface area contributed by atoms with E-state index in [1.165, 1.54) is 0 Å². The minimum Gasteiger partial charge on any atom is -0.255 e. The van der Waals surface area contributed by atoms with E-state index in [0.29, 0.717) is 0 Å². The maximum absolute atomic E-state index is 4.90. The monoisotopic (exact) mass is 376 g/mol. The Balaban J connectivity index is 0.000000421. The van der Waals surface area contributed by atoms with Gasteiger partial charge in [0.05, 0.1) is 11.4 Å². The van der Waals surface area contributed by atoms with Crippen molar-refractivity contribution in [3.8, 4) is 11.4 Å². The average molecular weight is 379 g/mol. The van der Waals surface area contributed by atoms with Crippen LogP contribution in [0.25, 0.3) is 11.4 Å². The predicted octanol–water partition coefficient (Wildman–Crippen LogP) is 5.06. The van der Waals surface area contributed by atoms with Crippen molar-refractivity contribution < 1.29 is 9.20 Å². The first-order valence-electron chi connectivity index (χ1n) is 4.25. The topological polar surface area (TPSA) is 60.8 Å². The van der Waals surface area contributed by atoms with Crippen molar-refractivity contribution in [2.45, 2.75) is 0 Å². The fourth-order valence-corrected chi connectivity index (χ4v) is 1.03. The molecule has 0 amide bonds. The first-order chi connectivity index (χ1) is 7.97. The first-order valence-corrected chi connectivity index (χ1v) is 9.43. The van der Waals surface area contributed by atoms with Crippen LogP contribution in [0, 0.1) is 0 Å². The summed E-state index contributed by atoms with van der Waals surface area (Å²) in [6.07, 6.45) is 3.54. The van der Waals surface area contributed by atoms with Gasteiger partial charge < -0.3 is 6.15 Å².